The summed E-state index contributed by atoms with van der Waals surface area (Å²) in [6.07, 6.45) is -0.0944. The number of benzene rings is 1. The number of hydrogen-bond acceptors (Lipinski definition) is 4. The number of amides is 1. The van der Waals surface area contributed by atoms with E-state index in [0.717, 1.165) is 0 Å². The largest absolute Gasteiger partial charge is 0.506 e. The Morgan fingerprint density at radius 2 is 2.00 bits per heavy atom. The first-order valence-electron chi connectivity index (χ1n) is 5.58. The summed E-state index contributed by atoms with van der Waals surface area (Å²) in [4.78, 5) is 13.1. The van der Waals surface area contributed by atoms with E-state index < -0.39 is 21.9 Å². The molecule has 0 bridgehead atoms. The number of phenols is 1. The smallest absolute Gasteiger partial charge is 0.302 e. The van der Waals surface area contributed by atoms with E-state index in [-0.39, 0.29) is 40.4 Å². The molecule has 0 aliphatic carbocycles. The third-order valence-electron chi connectivity index (χ3n) is 2.95. The summed E-state index contributed by atoms with van der Waals surface area (Å²) in [5, 5.41) is 9.72. The predicted octanol–water partition coefficient (Wildman–Crippen LogP) is 2.35. The molecule has 20 heavy (non-hydrogen) atoms. The van der Waals surface area contributed by atoms with Crippen LogP contribution in [0.25, 0.3) is 0 Å². The van der Waals surface area contributed by atoms with Crippen LogP contribution in [0.2, 0.25) is 10.0 Å². The van der Waals surface area contributed by atoms with Crippen LogP contribution in [0.5, 0.6) is 5.75 Å². The number of phenolic OH excluding ortho intramolecular Hbond substituents is 1. The molecule has 1 atom stereocenters. The summed E-state index contributed by atoms with van der Waals surface area (Å²) in [5.41, 5.74) is 0.220. The maximum atomic E-state index is 12.7. The molecule has 1 saturated heterocycles. The molecule has 0 radical (unpaired) electrons. The fraction of sp³-hybridized carbons (Fsp3) is 0.364. The second kappa shape index (κ2) is 5.38. The molecule has 1 fully saturated rings. The Morgan fingerprint density at radius 3 is 2.60 bits per heavy atom. The van der Waals surface area contributed by atoms with E-state index in [9.17, 15) is 22.2 Å². The number of carbonyl (C=O) groups is 1. The van der Waals surface area contributed by atoms with E-state index in [1.807, 2.05) is 0 Å². The van der Waals surface area contributed by atoms with Crippen molar-refractivity contribution in [3.63, 3.8) is 0 Å². The van der Waals surface area contributed by atoms with Gasteiger partial charge in [0.1, 0.15) is 5.75 Å². The number of nitrogens with zero attached hydrogens (tertiary/aromatic N) is 1. The van der Waals surface area contributed by atoms with Gasteiger partial charge in [0.2, 0.25) is 5.91 Å². The summed E-state index contributed by atoms with van der Waals surface area (Å²) in [6.45, 7) is 0.0166. The average Bonchev–Trinajstić information content (AvgIpc) is 2.62. The normalized spacial score (nSPS) is 19.6. The minimum absolute atomic E-state index is 0.0166. The van der Waals surface area contributed by atoms with Crippen molar-refractivity contribution in [1.82, 2.24) is 0 Å². The Morgan fingerprint density at radius 1 is 1.35 bits per heavy atom. The first kappa shape index (κ1) is 15.3. The highest BCUT2D eigenvalue weighted by atomic mass is 35.5. The zero-order valence-corrected chi connectivity index (χ0v) is 12.3. The molecule has 1 aliphatic rings. The van der Waals surface area contributed by atoms with Crippen molar-refractivity contribution in [3.8, 4) is 5.75 Å². The molecule has 0 saturated carbocycles. The number of hydrogen-bond donors (Lipinski definition) is 1. The summed E-state index contributed by atoms with van der Waals surface area (Å²) in [5.74, 6) is -2.00. The number of anilines is 1. The molecule has 1 aromatic rings. The van der Waals surface area contributed by atoms with E-state index in [1.165, 1.54) is 17.0 Å². The number of halogens is 3. The van der Waals surface area contributed by atoms with Gasteiger partial charge in [-0.3, -0.25) is 4.79 Å². The molecule has 9 heteroatoms. The lowest BCUT2D eigenvalue weighted by Gasteiger charge is -2.18. The lowest BCUT2D eigenvalue weighted by molar-refractivity contribution is -0.117. The van der Waals surface area contributed by atoms with Crippen molar-refractivity contribution in [2.75, 3.05) is 17.2 Å². The molecule has 1 amide bonds. The standard InChI is InChI=1S/C11H10Cl2FNO4S/c12-7-2-8(13)10(16)3-9(7)15-4-6(1-11(15)17)5-20(14,18)19/h2-3,6,16H,1,4-5H2. The van der Waals surface area contributed by atoms with Gasteiger partial charge in [0.15, 0.2) is 0 Å². The molecule has 2 rings (SSSR count). The monoisotopic (exact) mass is 341 g/mol. The van der Waals surface area contributed by atoms with Crippen LogP contribution in [0.15, 0.2) is 12.1 Å². The second-order valence-corrected chi connectivity index (χ2v) is 6.76. The van der Waals surface area contributed by atoms with Gasteiger partial charge in [-0.05, 0) is 6.07 Å². The van der Waals surface area contributed by atoms with Crippen molar-refractivity contribution in [2.24, 2.45) is 5.92 Å². The number of carbonyl (C=O) groups excluding carboxylic acids is 1. The predicted molar refractivity (Wildman–Crippen MR) is 73.5 cm³/mol. The Kier molecular flexibility index (Phi) is 4.13. The third-order valence-corrected chi connectivity index (χ3v) is 4.42. The van der Waals surface area contributed by atoms with Gasteiger partial charge in [-0.1, -0.05) is 23.2 Å². The molecular formula is C11H10Cl2FNO4S. The second-order valence-electron chi connectivity index (χ2n) is 4.54. The number of aromatic hydroxyl groups is 1. The molecule has 1 unspecified atom stereocenters. The fourth-order valence-corrected chi connectivity index (χ4v) is 3.41. The van der Waals surface area contributed by atoms with Crippen molar-refractivity contribution in [2.45, 2.75) is 6.42 Å². The molecule has 0 aromatic heterocycles. The Labute approximate surface area is 125 Å². The van der Waals surface area contributed by atoms with E-state index in [1.54, 1.807) is 0 Å². The quantitative estimate of drug-likeness (QED) is 0.856. The zero-order valence-electron chi connectivity index (χ0n) is 10.0. The van der Waals surface area contributed by atoms with Gasteiger partial charge in [0.05, 0.1) is 21.5 Å². The molecule has 1 aliphatic heterocycles. The highest BCUT2D eigenvalue weighted by Gasteiger charge is 2.34. The fourth-order valence-electron chi connectivity index (χ4n) is 2.14. The zero-order chi connectivity index (χ0) is 15.1. The molecule has 0 spiro atoms. The van der Waals surface area contributed by atoms with Gasteiger partial charge >= 0.3 is 10.2 Å². The van der Waals surface area contributed by atoms with Gasteiger partial charge in [-0.15, -0.1) is 3.89 Å². The van der Waals surface area contributed by atoms with Crippen LogP contribution in [0.3, 0.4) is 0 Å². The molecule has 1 N–H and O–H groups in total. The Hall–Kier alpha value is -1.05. The van der Waals surface area contributed by atoms with Gasteiger partial charge in [-0.25, -0.2) is 0 Å². The summed E-state index contributed by atoms with van der Waals surface area (Å²) in [7, 11) is -4.64. The van der Waals surface area contributed by atoms with Crippen molar-refractivity contribution < 1.29 is 22.2 Å². The average molecular weight is 342 g/mol. The minimum atomic E-state index is -4.64. The first-order valence-corrected chi connectivity index (χ1v) is 7.89. The van der Waals surface area contributed by atoms with Crippen LogP contribution < -0.4 is 4.90 Å². The van der Waals surface area contributed by atoms with Gasteiger partial charge in [0.25, 0.3) is 0 Å². The van der Waals surface area contributed by atoms with Crippen LogP contribution in [0.1, 0.15) is 6.42 Å². The number of rotatable bonds is 3. The van der Waals surface area contributed by atoms with Crippen molar-refractivity contribution in [1.29, 1.82) is 0 Å². The summed E-state index contributed by atoms with van der Waals surface area (Å²) >= 11 is 11.6. The van der Waals surface area contributed by atoms with Gasteiger partial charge in [-0.2, -0.15) is 8.42 Å². The van der Waals surface area contributed by atoms with E-state index in [4.69, 9.17) is 23.2 Å². The topological polar surface area (TPSA) is 74.7 Å². The molecule has 110 valence electrons. The Bertz CT molecular complexity index is 665. The molecule has 1 heterocycles. The molecular weight excluding hydrogens is 332 g/mol. The Balaban J connectivity index is 2.26. The lowest BCUT2D eigenvalue weighted by atomic mass is 10.1. The molecule has 1 aromatic carbocycles. The summed E-state index contributed by atoms with van der Waals surface area (Å²) in [6, 6.07) is 2.50. The van der Waals surface area contributed by atoms with E-state index >= 15 is 0 Å². The summed E-state index contributed by atoms with van der Waals surface area (Å²) < 4.78 is 33.9. The van der Waals surface area contributed by atoms with E-state index in [2.05, 4.69) is 0 Å². The lowest BCUT2D eigenvalue weighted by Crippen LogP contribution is -2.25. The highest BCUT2D eigenvalue weighted by Crippen LogP contribution is 2.38. The van der Waals surface area contributed by atoms with Crippen LogP contribution in [-0.4, -0.2) is 31.7 Å². The van der Waals surface area contributed by atoms with Gasteiger partial charge < -0.3 is 10.0 Å². The SMILES string of the molecule is O=C1CC(CS(=O)(=O)F)CN1c1cc(O)c(Cl)cc1Cl. The molecule has 5 nitrogen and oxygen atoms in total. The van der Waals surface area contributed by atoms with E-state index in [0.29, 0.717) is 0 Å². The van der Waals surface area contributed by atoms with Crippen LogP contribution in [0, 0.1) is 5.92 Å². The van der Waals surface area contributed by atoms with Crippen molar-refractivity contribution >= 4 is 45.0 Å². The first-order chi connectivity index (χ1) is 9.17. The van der Waals surface area contributed by atoms with Gasteiger partial charge in [0, 0.05) is 24.9 Å². The minimum Gasteiger partial charge on any atom is -0.506 e. The maximum Gasteiger partial charge on any atom is 0.302 e. The van der Waals surface area contributed by atoms with Crippen LogP contribution in [-0.2, 0) is 15.0 Å². The maximum absolute atomic E-state index is 12.7. The highest BCUT2D eigenvalue weighted by molar-refractivity contribution is 7.86. The third kappa shape index (κ3) is 3.34. The van der Waals surface area contributed by atoms with Crippen molar-refractivity contribution in [3.05, 3.63) is 22.2 Å². The van der Waals surface area contributed by atoms with Crippen LogP contribution in [0.4, 0.5) is 9.57 Å². The van der Waals surface area contributed by atoms with Crippen LogP contribution >= 0.6 is 23.2 Å².